The average Bonchev–Trinajstić information content (AvgIpc) is 2.16. The number of aromatic hydroxyl groups is 1. The molecule has 0 radical (unpaired) electrons. The number of phenols is 1. The Morgan fingerprint density at radius 2 is 2.13 bits per heavy atom. The van der Waals surface area contributed by atoms with Crippen molar-refractivity contribution in [1.29, 1.82) is 0 Å². The first-order valence-electron chi connectivity index (χ1n) is 4.21. The molecule has 1 aromatic carbocycles. The Morgan fingerprint density at radius 3 is 2.53 bits per heavy atom. The Balaban J connectivity index is 3.45. The number of nitro groups is 1. The third-order valence-corrected chi connectivity index (χ3v) is 2.04. The lowest BCUT2D eigenvalue weighted by molar-refractivity contribution is -0.385. The van der Waals surface area contributed by atoms with Crippen molar-refractivity contribution in [3.63, 3.8) is 0 Å². The topological polar surface area (TPSA) is 101 Å². The third kappa shape index (κ3) is 1.88. The molecule has 0 atom stereocenters. The second-order valence-electron chi connectivity index (χ2n) is 2.88. The molecule has 0 saturated heterocycles. The van der Waals surface area contributed by atoms with Gasteiger partial charge in [0.15, 0.2) is 5.75 Å². The molecule has 0 aliphatic carbocycles. The van der Waals surface area contributed by atoms with Crippen LogP contribution in [0.1, 0.15) is 22.8 Å². The van der Waals surface area contributed by atoms with E-state index in [1.54, 1.807) is 6.92 Å². The number of nitrogens with zero attached hydrogens (tertiary/aromatic N) is 1. The lowest BCUT2D eigenvalue weighted by Crippen LogP contribution is -2.03. The maximum atomic E-state index is 10.7. The van der Waals surface area contributed by atoms with Crippen molar-refractivity contribution in [3.8, 4) is 5.75 Å². The number of carboxylic acids is 1. The van der Waals surface area contributed by atoms with E-state index in [0.717, 1.165) is 12.1 Å². The number of hydrogen-bond donors (Lipinski definition) is 2. The van der Waals surface area contributed by atoms with Gasteiger partial charge in [0.05, 0.1) is 10.5 Å². The smallest absolute Gasteiger partial charge is 0.336 e. The molecule has 0 saturated carbocycles. The summed E-state index contributed by atoms with van der Waals surface area (Å²) in [7, 11) is 0. The number of aromatic carboxylic acids is 1. The fourth-order valence-electron chi connectivity index (χ4n) is 1.33. The van der Waals surface area contributed by atoms with Crippen molar-refractivity contribution >= 4 is 11.7 Å². The standard InChI is InChI=1S/C9H9NO5/c1-2-5-6(9(12)13)3-4-7(8(5)11)10(14)15/h3-4,11H,2H2,1H3,(H,12,13). The number of carboxylic acid groups (broad SMARTS) is 1. The quantitative estimate of drug-likeness (QED) is 0.583. The van der Waals surface area contributed by atoms with Crippen LogP contribution in [0.5, 0.6) is 5.75 Å². The summed E-state index contributed by atoms with van der Waals surface area (Å²) in [5.74, 6) is -1.78. The zero-order valence-electron chi connectivity index (χ0n) is 7.93. The molecule has 1 aromatic rings. The molecule has 0 aliphatic heterocycles. The van der Waals surface area contributed by atoms with Crippen LogP contribution in [0.25, 0.3) is 0 Å². The van der Waals surface area contributed by atoms with E-state index < -0.39 is 22.3 Å². The van der Waals surface area contributed by atoms with E-state index in [1.165, 1.54) is 0 Å². The van der Waals surface area contributed by atoms with E-state index in [4.69, 9.17) is 5.11 Å². The molecule has 6 heteroatoms. The largest absolute Gasteiger partial charge is 0.502 e. The van der Waals surface area contributed by atoms with E-state index in [1.807, 2.05) is 0 Å². The van der Waals surface area contributed by atoms with Gasteiger partial charge in [0.1, 0.15) is 0 Å². The van der Waals surface area contributed by atoms with Crippen LogP contribution >= 0.6 is 0 Å². The van der Waals surface area contributed by atoms with Gasteiger partial charge < -0.3 is 10.2 Å². The minimum atomic E-state index is -1.21. The second-order valence-corrected chi connectivity index (χ2v) is 2.88. The van der Waals surface area contributed by atoms with Crippen LogP contribution in [0, 0.1) is 10.1 Å². The summed E-state index contributed by atoms with van der Waals surface area (Å²) < 4.78 is 0. The predicted octanol–water partition coefficient (Wildman–Crippen LogP) is 1.56. The molecule has 1 rings (SSSR count). The molecule has 6 nitrogen and oxygen atoms in total. The van der Waals surface area contributed by atoms with Gasteiger partial charge in [-0.1, -0.05) is 6.92 Å². The van der Waals surface area contributed by atoms with Crippen molar-refractivity contribution in [3.05, 3.63) is 33.4 Å². The number of nitro benzene ring substituents is 1. The normalized spacial score (nSPS) is 9.93. The van der Waals surface area contributed by atoms with Crippen molar-refractivity contribution in [1.82, 2.24) is 0 Å². The van der Waals surface area contributed by atoms with Gasteiger partial charge in [0.25, 0.3) is 0 Å². The van der Waals surface area contributed by atoms with E-state index in [9.17, 15) is 20.0 Å². The van der Waals surface area contributed by atoms with Gasteiger partial charge in [-0.15, -0.1) is 0 Å². The molecule has 0 amide bonds. The Kier molecular flexibility index (Phi) is 2.89. The third-order valence-electron chi connectivity index (χ3n) is 2.04. The zero-order valence-corrected chi connectivity index (χ0v) is 7.93. The van der Waals surface area contributed by atoms with Gasteiger partial charge in [0, 0.05) is 11.6 Å². The molecule has 0 aromatic heterocycles. The van der Waals surface area contributed by atoms with Crippen molar-refractivity contribution in [2.24, 2.45) is 0 Å². The molecule has 2 N–H and O–H groups in total. The number of phenolic OH excluding ortho intramolecular Hbond substituents is 1. The van der Waals surface area contributed by atoms with Crippen molar-refractivity contribution in [2.45, 2.75) is 13.3 Å². The van der Waals surface area contributed by atoms with Crippen LogP contribution in [0.3, 0.4) is 0 Å². The van der Waals surface area contributed by atoms with Crippen LogP contribution < -0.4 is 0 Å². The summed E-state index contributed by atoms with van der Waals surface area (Å²) >= 11 is 0. The van der Waals surface area contributed by atoms with Gasteiger partial charge in [-0.05, 0) is 12.5 Å². The minimum absolute atomic E-state index is 0.0803. The Hall–Kier alpha value is -2.11. The number of hydrogen-bond acceptors (Lipinski definition) is 4. The van der Waals surface area contributed by atoms with E-state index in [-0.39, 0.29) is 17.5 Å². The average molecular weight is 211 g/mol. The van der Waals surface area contributed by atoms with Gasteiger partial charge >= 0.3 is 11.7 Å². The number of benzene rings is 1. The van der Waals surface area contributed by atoms with E-state index >= 15 is 0 Å². The first-order chi connectivity index (χ1) is 6.99. The highest BCUT2D eigenvalue weighted by Gasteiger charge is 2.21. The highest BCUT2D eigenvalue weighted by Crippen LogP contribution is 2.32. The molecule has 15 heavy (non-hydrogen) atoms. The fraction of sp³-hybridized carbons (Fsp3) is 0.222. The molecule has 0 heterocycles. The number of carbonyl (C=O) groups is 1. The molecule has 0 bridgehead atoms. The SMILES string of the molecule is CCc1c(C(=O)O)ccc([N+](=O)[O-])c1O. The molecule has 0 spiro atoms. The molecule has 0 unspecified atom stereocenters. The lowest BCUT2D eigenvalue weighted by Gasteiger charge is -2.05. The summed E-state index contributed by atoms with van der Waals surface area (Å²) in [5, 5.41) is 28.7. The van der Waals surface area contributed by atoms with E-state index in [0.29, 0.717) is 0 Å². The second kappa shape index (κ2) is 3.95. The van der Waals surface area contributed by atoms with Crippen LogP contribution in [-0.2, 0) is 6.42 Å². The molecule has 80 valence electrons. The monoisotopic (exact) mass is 211 g/mol. The zero-order chi connectivity index (χ0) is 11.6. The first-order valence-corrected chi connectivity index (χ1v) is 4.21. The maximum Gasteiger partial charge on any atom is 0.336 e. The van der Waals surface area contributed by atoms with Gasteiger partial charge in [0.2, 0.25) is 0 Å². The highest BCUT2D eigenvalue weighted by atomic mass is 16.6. The predicted molar refractivity (Wildman–Crippen MR) is 51.1 cm³/mol. The minimum Gasteiger partial charge on any atom is -0.502 e. The number of rotatable bonds is 3. The Morgan fingerprint density at radius 1 is 1.53 bits per heavy atom. The summed E-state index contributed by atoms with van der Waals surface area (Å²) in [6, 6.07) is 2.11. The Labute approximate surface area is 84.9 Å². The lowest BCUT2D eigenvalue weighted by atomic mass is 10.0. The summed E-state index contributed by atoms with van der Waals surface area (Å²) in [6.45, 7) is 1.62. The van der Waals surface area contributed by atoms with Crippen molar-refractivity contribution in [2.75, 3.05) is 0 Å². The maximum absolute atomic E-state index is 10.7. The summed E-state index contributed by atoms with van der Waals surface area (Å²) in [4.78, 5) is 20.5. The van der Waals surface area contributed by atoms with Crippen LogP contribution in [0.4, 0.5) is 5.69 Å². The van der Waals surface area contributed by atoms with Gasteiger partial charge in [-0.25, -0.2) is 4.79 Å². The van der Waals surface area contributed by atoms with Gasteiger partial charge in [-0.2, -0.15) is 0 Å². The fourth-order valence-corrected chi connectivity index (χ4v) is 1.33. The van der Waals surface area contributed by atoms with Crippen LogP contribution in [0.15, 0.2) is 12.1 Å². The van der Waals surface area contributed by atoms with Crippen molar-refractivity contribution < 1.29 is 19.9 Å². The molecular formula is C9H9NO5. The summed E-state index contributed by atoms with van der Waals surface area (Å²) in [5.41, 5.74) is -0.505. The first kappa shape index (κ1) is 11.0. The van der Waals surface area contributed by atoms with Gasteiger partial charge in [-0.3, -0.25) is 10.1 Å². The van der Waals surface area contributed by atoms with E-state index in [2.05, 4.69) is 0 Å². The highest BCUT2D eigenvalue weighted by molar-refractivity contribution is 5.91. The molecular weight excluding hydrogens is 202 g/mol. The summed E-state index contributed by atoms with van der Waals surface area (Å²) in [6.07, 6.45) is 0.217. The molecule has 0 aliphatic rings. The van der Waals surface area contributed by atoms with Crippen LogP contribution in [0.2, 0.25) is 0 Å². The molecule has 0 fully saturated rings. The van der Waals surface area contributed by atoms with Crippen LogP contribution in [-0.4, -0.2) is 21.1 Å². The Bertz CT molecular complexity index is 427.